The van der Waals surface area contributed by atoms with Gasteiger partial charge in [0, 0.05) is 5.54 Å². The highest BCUT2D eigenvalue weighted by molar-refractivity contribution is 5.84. The summed E-state index contributed by atoms with van der Waals surface area (Å²) in [7, 11) is 0. The normalized spacial score (nSPS) is 13.6. The Balaban J connectivity index is 2.98. The van der Waals surface area contributed by atoms with Crippen LogP contribution in [0.15, 0.2) is 30.3 Å². The molecule has 0 saturated carbocycles. The van der Waals surface area contributed by atoms with Crippen molar-refractivity contribution < 1.29 is 14.7 Å². The lowest BCUT2D eigenvalue weighted by Crippen LogP contribution is -2.56. The lowest BCUT2D eigenvalue weighted by atomic mass is 9.74. The lowest BCUT2D eigenvalue weighted by Gasteiger charge is -2.38. The molecule has 5 nitrogen and oxygen atoms in total. The zero-order valence-corrected chi connectivity index (χ0v) is 13.0. The number of nitrogens with one attached hydrogen (secondary N) is 1. The second-order valence-corrected chi connectivity index (χ2v) is 6.38. The van der Waals surface area contributed by atoms with Crippen molar-refractivity contribution >= 4 is 11.9 Å². The highest BCUT2D eigenvalue weighted by Gasteiger charge is 2.41. The molecule has 116 valence electrons. The number of hydrogen-bond acceptors (Lipinski definition) is 3. The summed E-state index contributed by atoms with van der Waals surface area (Å²) >= 11 is 0. The zero-order chi connectivity index (χ0) is 16.3. The van der Waals surface area contributed by atoms with Crippen molar-refractivity contribution in [2.45, 2.75) is 45.7 Å². The first-order valence-electron chi connectivity index (χ1n) is 6.92. The van der Waals surface area contributed by atoms with Crippen LogP contribution in [0.5, 0.6) is 0 Å². The molecule has 1 aromatic carbocycles. The fourth-order valence-corrected chi connectivity index (χ4v) is 1.74. The molecule has 0 aliphatic heterocycles. The average molecular weight is 292 g/mol. The van der Waals surface area contributed by atoms with Crippen LogP contribution in [-0.4, -0.2) is 22.5 Å². The smallest absolute Gasteiger partial charge is 0.305 e. The monoisotopic (exact) mass is 292 g/mol. The van der Waals surface area contributed by atoms with Gasteiger partial charge in [0.1, 0.15) is 0 Å². The highest BCUT2D eigenvalue weighted by atomic mass is 16.4. The van der Waals surface area contributed by atoms with Gasteiger partial charge < -0.3 is 16.2 Å². The Morgan fingerprint density at radius 3 is 2.14 bits per heavy atom. The summed E-state index contributed by atoms with van der Waals surface area (Å²) in [6.45, 7) is 7.07. The fourth-order valence-electron chi connectivity index (χ4n) is 1.74. The van der Waals surface area contributed by atoms with E-state index in [0.29, 0.717) is 0 Å². The summed E-state index contributed by atoms with van der Waals surface area (Å²) in [4.78, 5) is 23.5. The third-order valence-electron chi connectivity index (χ3n) is 4.06. The van der Waals surface area contributed by atoms with Gasteiger partial charge in [0.2, 0.25) is 5.91 Å². The van der Waals surface area contributed by atoms with Crippen LogP contribution in [-0.2, 0) is 9.59 Å². The summed E-state index contributed by atoms with van der Waals surface area (Å²) < 4.78 is 0. The molecule has 1 atom stereocenters. The van der Waals surface area contributed by atoms with Crippen LogP contribution in [0, 0.1) is 5.41 Å². The van der Waals surface area contributed by atoms with Crippen molar-refractivity contribution in [1.29, 1.82) is 0 Å². The Morgan fingerprint density at radius 1 is 1.19 bits per heavy atom. The predicted octanol–water partition coefficient (Wildman–Crippen LogP) is 2.08. The van der Waals surface area contributed by atoms with Crippen LogP contribution < -0.4 is 11.1 Å². The molecule has 0 fully saturated rings. The van der Waals surface area contributed by atoms with E-state index in [-0.39, 0.29) is 12.3 Å². The molecular formula is C16H24N2O3. The van der Waals surface area contributed by atoms with Gasteiger partial charge >= 0.3 is 5.97 Å². The quantitative estimate of drug-likeness (QED) is 0.748. The number of nitrogens with two attached hydrogens (primary N) is 1. The van der Waals surface area contributed by atoms with E-state index in [4.69, 9.17) is 10.8 Å². The highest BCUT2D eigenvalue weighted by Crippen LogP contribution is 2.30. The molecule has 1 amide bonds. The average Bonchev–Trinajstić information content (AvgIpc) is 2.37. The van der Waals surface area contributed by atoms with Gasteiger partial charge in [-0.3, -0.25) is 9.59 Å². The summed E-state index contributed by atoms with van der Waals surface area (Å²) in [6, 6.07) is 8.50. The molecule has 4 N–H and O–H groups in total. The van der Waals surface area contributed by atoms with E-state index >= 15 is 0 Å². The van der Waals surface area contributed by atoms with Crippen molar-refractivity contribution in [1.82, 2.24) is 5.32 Å². The number of rotatable bonds is 6. The van der Waals surface area contributed by atoms with E-state index in [1.807, 2.05) is 18.2 Å². The Bertz CT molecular complexity index is 504. The van der Waals surface area contributed by atoms with Gasteiger partial charge in [0.15, 0.2) is 0 Å². The van der Waals surface area contributed by atoms with Gasteiger partial charge in [-0.25, -0.2) is 0 Å². The largest absolute Gasteiger partial charge is 0.481 e. The van der Waals surface area contributed by atoms with E-state index in [9.17, 15) is 9.59 Å². The summed E-state index contributed by atoms with van der Waals surface area (Å²) in [6.07, 6.45) is -0.170. The second-order valence-electron chi connectivity index (χ2n) is 6.38. The first kappa shape index (κ1) is 17.2. The van der Waals surface area contributed by atoms with E-state index in [0.717, 1.165) is 5.56 Å². The van der Waals surface area contributed by atoms with Crippen molar-refractivity contribution in [3.8, 4) is 0 Å². The van der Waals surface area contributed by atoms with Crippen LogP contribution in [0.1, 0.15) is 45.7 Å². The molecule has 0 saturated heterocycles. The van der Waals surface area contributed by atoms with E-state index in [1.165, 1.54) is 0 Å². The summed E-state index contributed by atoms with van der Waals surface area (Å²) in [5, 5.41) is 11.9. The van der Waals surface area contributed by atoms with Gasteiger partial charge in [0.05, 0.1) is 17.9 Å². The van der Waals surface area contributed by atoms with Crippen molar-refractivity contribution in [2.75, 3.05) is 0 Å². The molecule has 5 heteroatoms. The Hall–Kier alpha value is -1.88. The maximum absolute atomic E-state index is 12.5. The number of hydrogen-bond donors (Lipinski definition) is 3. The van der Waals surface area contributed by atoms with Gasteiger partial charge in [0.25, 0.3) is 0 Å². The van der Waals surface area contributed by atoms with Gasteiger partial charge in [-0.1, -0.05) is 30.3 Å². The van der Waals surface area contributed by atoms with Crippen LogP contribution in [0.4, 0.5) is 0 Å². The van der Waals surface area contributed by atoms with Crippen molar-refractivity contribution in [3.05, 3.63) is 35.9 Å². The first-order chi connectivity index (χ1) is 9.55. The third-order valence-corrected chi connectivity index (χ3v) is 4.06. The molecule has 0 radical (unpaired) electrons. The fraction of sp³-hybridized carbons (Fsp3) is 0.500. The maximum Gasteiger partial charge on any atom is 0.305 e. The molecular weight excluding hydrogens is 268 g/mol. The first-order valence-corrected chi connectivity index (χ1v) is 6.92. The van der Waals surface area contributed by atoms with E-state index in [1.54, 1.807) is 39.8 Å². The standard InChI is InChI=1S/C16H24N2O3/c1-15(2,16(3,4)17)14(21)18-12(10-13(19)20)11-8-6-5-7-9-11/h5-9,12H,10,17H2,1-4H3,(H,18,21)(H,19,20). The Kier molecular flexibility index (Phi) is 5.12. The number of carbonyl (C=O) groups is 2. The van der Waals surface area contributed by atoms with Crippen LogP contribution in [0.2, 0.25) is 0 Å². The lowest BCUT2D eigenvalue weighted by molar-refractivity contribution is -0.138. The molecule has 1 unspecified atom stereocenters. The molecule has 0 aliphatic rings. The number of carboxylic acids is 1. The van der Waals surface area contributed by atoms with Crippen LogP contribution in [0.25, 0.3) is 0 Å². The molecule has 1 aromatic rings. The predicted molar refractivity (Wildman–Crippen MR) is 81.6 cm³/mol. The summed E-state index contributed by atoms with van der Waals surface area (Å²) in [5.74, 6) is -1.22. The topological polar surface area (TPSA) is 92.4 Å². The van der Waals surface area contributed by atoms with Crippen LogP contribution >= 0.6 is 0 Å². The molecule has 0 aromatic heterocycles. The number of carbonyl (C=O) groups excluding carboxylic acids is 1. The minimum atomic E-state index is -0.964. The van der Waals surface area contributed by atoms with Crippen LogP contribution in [0.3, 0.4) is 0 Å². The van der Waals surface area contributed by atoms with Gasteiger partial charge in [-0.2, -0.15) is 0 Å². The zero-order valence-electron chi connectivity index (χ0n) is 13.0. The molecule has 0 aliphatic carbocycles. The minimum Gasteiger partial charge on any atom is -0.481 e. The Labute approximate surface area is 125 Å². The van der Waals surface area contributed by atoms with Crippen molar-refractivity contribution in [2.24, 2.45) is 11.1 Å². The second kappa shape index (κ2) is 6.26. The number of amides is 1. The minimum absolute atomic E-state index is 0.170. The molecule has 0 bridgehead atoms. The molecule has 21 heavy (non-hydrogen) atoms. The number of benzene rings is 1. The molecule has 0 heterocycles. The van der Waals surface area contributed by atoms with E-state index < -0.39 is 23.0 Å². The van der Waals surface area contributed by atoms with Crippen molar-refractivity contribution in [3.63, 3.8) is 0 Å². The van der Waals surface area contributed by atoms with E-state index in [2.05, 4.69) is 5.32 Å². The van der Waals surface area contributed by atoms with Gasteiger partial charge in [-0.15, -0.1) is 0 Å². The summed E-state index contributed by atoms with van der Waals surface area (Å²) in [5.41, 5.74) is 5.27. The molecule has 0 spiro atoms. The third kappa shape index (κ3) is 4.29. The SMILES string of the molecule is CC(C)(N)C(C)(C)C(=O)NC(CC(=O)O)c1ccccc1. The number of carboxylic acid groups (broad SMARTS) is 1. The maximum atomic E-state index is 12.5. The number of aliphatic carboxylic acids is 1. The van der Waals surface area contributed by atoms with Gasteiger partial charge in [-0.05, 0) is 33.3 Å². The Morgan fingerprint density at radius 2 is 1.71 bits per heavy atom. The molecule has 1 rings (SSSR count).